The van der Waals surface area contributed by atoms with Crippen molar-refractivity contribution in [2.24, 2.45) is 0 Å². The van der Waals surface area contributed by atoms with Gasteiger partial charge in [0, 0.05) is 37.8 Å². The summed E-state index contributed by atoms with van der Waals surface area (Å²) in [5.74, 6) is 0.535. The predicted octanol–water partition coefficient (Wildman–Crippen LogP) is 0.387. The number of sulfonamides is 1. The van der Waals surface area contributed by atoms with Crippen molar-refractivity contribution in [1.29, 1.82) is 0 Å². The number of H-pyrrole nitrogens is 1. The van der Waals surface area contributed by atoms with E-state index in [-0.39, 0.29) is 23.7 Å². The van der Waals surface area contributed by atoms with Crippen molar-refractivity contribution in [2.45, 2.75) is 11.8 Å². The van der Waals surface area contributed by atoms with Crippen LogP contribution in [-0.4, -0.2) is 79.3 Å². The Morgan fingerprint density at radius 3 is 2.67 bits per heavy atom. The van der Waals surface area contributed by atoms with Crippen LogP contribution >= 0.6 is 11.8 Å². The Morgan fingerprint density at radius 2 is 2.04 bits per heavy atom. The average molecular weight is 375 g/mol. The van der Waals surface area contributed by atoms with E-state index in [0.717, 1.165) is 11.5 Å². The standard InChI is InChI=1S/C14H21N3O5S2/c1-3-22-13(18)10-16(2)14(19)12-8-11(9-15-12)24(20,21)17-4-6-23-7-5-17/h8-9,15H,3-7,10H2,1-2H3. The number of hydrogen-bond donors (Lipinski definition) is 1. The van der Waals surface area contributed by atoms with Gasteiger partial charge in [0.25, 0.3) is 5.91 Å². The minimum absolute atomic E-state index is 0.0577. The van der Waals surface area contributed by atoms with Crippen LogP contribution in [0.4, 0.5) is 0 Å². The maximum absolute atomic E-state index is 12.6. The molecule has 0 aliphatic carbocycles. The molecule has 1 N–H and O–H groups in total. The van der Waals surface area contributed by atoms with Crippen LogP contribution in [0.25, 0.3) is 0 Å². The Morgan fingerprint density at radius 1 is 1.38 bits per heavy atom. The molecular weight excluding hydrogens is 354 g/mol. The number of carbonyl (C=O) groups is 2. The molecule has 1 aliphatic rings. The van der Waals surface area contributed by atoms with Crippen LogP contribution in [0, 0.1) is 0 Å². The minimum atomic E-state index is -3.61. The molecule has 1 aromatic rings. The second-order valence-corrected chi connectivity index (χ2v) is 8.39. The number of nitrogens with one attached hydrogen (secondary N) is 1. The molecule has 0 unspecified atom stereocenters. The van der Waals surface area contributed by atoms with Crippen molar-refractivity contribution >= 4 is 33.7 Å². The number of hydrogen-bond acceptors (Lipinski definition) is 6. The topological polar surface area (TPSA) is 99.8 Å². The third-order valence-corrected chi connectivity index (χ3v) is 6.33. The Labute approximate surface area is 145 Å². The van der Waals surface area contributed by atoms with Gasteiger partial charge >= 0.3 is 5.97 Å². The number of amides is 1. The third kappa shape index (κ3) is 4.31. The van der Waals surface area contributed by atoms with Gasteiger partial charge in [-0.1, -0.05) is 0 Å². The van der Waals surface area contributed by atoms with Crippen molar-refractivity contribution in [3.05, 3.63) is 18.0 Å². The first-order chi connectivity index (χ1) is 11.4. The molecule has 0 aromatic carbocycles. The second-order valence-electron chi connectivity index (χ2n) is 5.23. The molecule has 134 valence electrons. The third-order valence-electron chi connectivity index (χ3n) is 3.51. The van der Waals surface area contributed by atoms with Gasteiger partial charge in [-0.25, -0.2) is 8.42 Å². The zero-order valence-electron chi connectivity index (χ0n) is 13.6. The van der Waals surface area contributed by atoms with Crippen LogP contribution < -0.4 is 0 Å². The summed E-state index contributed by atoms with van der Waals surface area (Å²) in [5, 5.41) is 0. The molecule has 1 aromatic heterocycles. The Hall–Kier alpha value is -1.52. The zero-order chi connectivity index (χ0) is 17.7. The van der Waals surface area contributed by atoms with E-state index < -0.39 is 21.9 Å². The van der Waals surface area contributed by atoms with Gasteiger partial charge in [-0.15, -0.1) is 0 Å². The highest BCUT2D eigenvalue weighted by atomic mass is 32.2. The van der Waals surface area contributed by atoms with Crippen molar-refractivity contribution in [1.82, 2.24) is 14.2 Å². The monoisotopic (exact) mass is 375 g/mol. The maximum atomic E-state index is 12.6. The number of ether oxygens (including phenoxy) is 1. The normalized spacial score (nSPS) is 15.9. The van der Waals surface area contributed by atoms with Gasteiger partial charge < -0.3 is 14.6 Å². The Bertz CT molecular complexity index is 695. The van der Waals surface area contributed by atoms with Crippen molar-refractivity contribution in [3.63, 3.8) is 0 Å². The fourth-order valence-electron chi connectivity index (χ4n) is 2.26. The van der Waals surface area contributed by atoms with Crippen LogP contribution in [0.15, 0.2) is 17.2 Å². The smallest absolute Gasteiger partial charge is 0.325 e. The van der Waals surface area contributed by atoms with E-state index in [1.54, 1.807) is 18.7 Å². The largest absolute Gasteiger partial charge is 0.465 e. The molecule has 0 atom stereocenters. The number of esters is 1. The lowest BCUT2D eigenvalue weighted by Crippen LogP contribution is -2.37. The predicted molar refractivity (Wildman–Crippen MR) is 90.5 cm³/mol. The van der Waals surface area contributed by atoms with E-state index in [9.17, 15) is 18.0 Å². The van der Waals surface area contributed by atoms with E-state index in [0.29, 0.717) is 13.1 Å². The molecule has 0 spiro atoms. The highest BCUT2D eigenvalue weighted by molar-refractivity contribution is 7.99. The van der Waals surface area contributed by atoms with E-state index >= 15 is 0 Å². The minimum Gasteiger partial charge on any atom is -0.465 e. The Kier molecular flexibility index (Phi) is 6.30. The first-order valence-corrected chi connectivity index (χ1v) is 10.1. The summed E-state index contributed by atoms with van der Waals surface area (Å²) >= 11 is 1.72. The molecule has 1 aliphatic heterocycles. The number of aromatic nitrogens is 1. The second kappa shape index (κ2) is 8.04. The molecule has 2 heterocycles. The molecule has 8 nitrogen and oxygen atoms in total. The van der Waals surface area contributed by atoms with Crippen LogP contribution in [0.5, 0.6) is 0 Å². The average Bonchev–Trinajstić information content (AvgIpc) is 3.05. The summed E-state index contributed by atoms with van der Waals surface area (Å²) in [6.45, 7) is 2.65. The summed E-state index contributed by atoms with van der Waals surface area (Å²) in [7, 11) is -2.15. The number of nitrogens with zero attached hydrogens (tertiary/aromatic N) is 2. The number of aromatic amines is 1. The molecule has 10 heteroatoms. The van der Waals surface area contributed by atoms with Crippen LogP contribution in [-0.2, 0) is 19.6 Å². The van der Waals surface area contributed by atoms with E-state index in [1.165, 1.54) is 28.5 Å². The van der Waals surface area contributed by atoms with E-state index in [1.807, 2.05) is 0 Å². The van der Waals surface area contributed by atoms with Gasteiger partial charge in [0.1, 0.15) is 17.1 Å². The molecular formula is C14H21N3O5S2. The number of rotatable bonds is 6. The lowest BCUT2D eigenvalue weighted by Gasteiger charge is -2.24. The quantitative estimate of drug-likeness (QED) is 0.722. The van der Waals surface area contributed by atoms with Crippen LogP contribution in [0.1, 0.15) is 17.4 Å². The van der Waals surface area contributed by atoms with E-state index in [2.05, 4.69) is 4.98 Å². The van der Waals surface area contributed by atoms with Gasteiger partial charge in [-0.05, 0) is 13.0 Å². The maximum Gasteiger partial charge on any atom is 0.325 e. The van der Waals surface area contributed by atoms with Crippen LogP contribution in [0.3, 0.4) is 0 Å². The SMILES string of the molecule is CCOC(=O)CN(C)C(=O)c1cc(S(=O)(=O)N2CCSCC2)c[nH]1. The molecule has 2 rings (SSSR count). The summed E-state index contributed by atoms with van der Waals surface area (Å²) in [6.07, 6.45) is 1.31. The molecule has 24 heavy (non-hydrogen) atoms. The number of carbonyl (C=O) groups excluding carboxylic acids is 2. The lowest BCUT2D eigenvalue weighted by atomic mass is 10.4. The van der Waals surface area contributed by atoms with Gasteiger partial charge in [-0.3, -0.25) is 9.59 Å². The molecule has 0 saturated carbocycles. The van der Waals surface area contributed by atoms with Gasteiger partial charge in [0.05, 0.1) is 6.61 Å². The molecule has 1 fully saturated rings. The summed E-state index contributed by atoms with van der Waals surface area (Å²) in [5.41, 5.74) is 0.117. The van der Waals surface area contributed by atoms with Crippen LogP contribution in [0.2, 0.25) is 0 Å². The Balaban J connectivity index is 2.09. The summed E-state index contributed by atoms with van der Waals surface area (Å²) < 4.78 is 31.3. The first-order valence-electron chi connectivity index (χ1n) is 7.53. The molecule has 1 saturated heterocycles. The number of likely N-dealkylation sites (N-methyl/N-ethyl adjacent to an activating group) is 1. The van der Waals surface area contributed by atoms with E-state index in [4.69, 9.17) is 4.74 Å². The zero-order valence-corrected chi connectivity index (χ0v) is 15.3. The van der Waals surface area contributed by atoms with Gasteiger partial charge in [-0.2, -0.15) is 16.1 Å². The molecule has 0 bridgehead atoms. The van der Waals surface area contributed by atoms with Crippen molar-refractivity contribution in [2.75, 3.05) is 44.8 Å². The van der Waals surface area contributed by atoms with Crippen molar-refractivity contribution < 1.29 is 22.7 Å². The fraction of sp³-hybridized carbons (Fsp3) is 0.571. The lowest BCUT2D eigenvalue weighted by molar-refractivity contribution is -0.143. The molecule has 1 amide bonds. The number of thioether (sulfide) groups is 1. The summed E-state index contributed by atoms with van der Waals surface area (Å²) in [6, 6.07) is 1.31. The van der Waals surface area contributed by atoms with Crippen molar-refractivity contribution in [3.8, 4) is 0 Å². The van der Waals surface area contributed by atoms with Gasteiger partial charge in [0.2, 0.25) is 10.0 Å². The van der Waals surface area contributed by atoms with Gasteiger partial charge in [0.15, 0.2) is 0 Å². The highest BCUT2D eigenvalue weighted by Crippen LogP contribution is 2.21. The first kappa shape index (κ1) is 18.8. The fourth-order valence-corrected chi connectivity index (χ4v) is 4.83. The molecule has 0 radical (unpaired) electrons. The highest BCUT2D eigenvalue weighted by Gasteiger charge is 2.28. The summed E-state index contributed by atoms with van der Waals surface area (Å²) in [4.78, 5) is 27.6.